The Hall–Kier alpha value is -2.18. The minimum Gasteiger partial charge on any atom is -0.460 e. The van der Waals surface area contributed by atoms with Crippen molar-refractivity contribution in [2.75, 3.05) is 6.54 Å². The number of rotatable bonds is 6. The number of hydrogen-bond acceptors (Lipinski definition) is 4. The van der Waals surface area contributed by atoms with Gasteiger partial charge in [-0.25, -0.2) is 8.42 Å². The predicted octanol–water partition coefficient (Wildman–Crippen LogP) is 2.63. The fourth-order valence-corrected chi connectivity index (χ4v) is 3.07. The van der Waals surface area contributed by atoms with Gasteiger partial charge in [0, 0.05) is 0 Å². The van der Waals surface area contributed by atoms with E-state index in [4.69, 9.17) is 4.74 Å². The number of carbonyl (C=O) groups is 1. The van der Waals surface area contributed by atoms with E-state index in [9.17, 15) is 13.2 Å². The highest BCUT2D eigenvalue weighted by Gasteiger charge is 2.16. The minimum absolute atomic E-state index is 0.116. The number of nitrogens with one attached hydrogen (secondary N) is 1. The molecule has 128 valence electrons. The van der Waals surface area contributed by atoms with Gasteiger partial charge in [-0.2, -0.15) is 4.72 Å². The molecular weight excluding hydrogens is 326 g/mol. The molecule has 0 radical (unpaired) electrons. The smallest absolute Gasteiger partial charge is 0.321 e. The van der Waals surface area contributed by atoms with Crippen LogP contribution in [-0.2, 0) is 26.2 Å². The third-order valence-corrected chi connectivity index (χ3v) is 5.11. The first kappa shape index (κ1) is 18.2. The first-order valence-corrected chi connectivity index (χ1v) is 9.04. The Kier molecular flexibility index (Phi) is 5.75. The summed E-state index contributed by atoms with van der Waals surface area (Å²) in [5, 5.41) is 0. The SMILES string of the molecule is Cc1ccc(COC(=O)CNS(=O)(=O)c2ccc(C)c(C)c2)cc1. The van der Waals surface area contributed by atoms with Crippen molar-refractivity contribution in [2.24, 2.45) is 0 Å². The second-order valence-electron chi connectivity index (χ2n) is 5.72. The molecule has 0 aliphatic heterocycles. The van der Waals surface area contributed by atoms with Gasteiger partial charge in [0.25, 0.3) is 0 Å². The Labute approximate surface area is 142 Å². The molecule has 0 bridgehead atoms. The average molecular weight is 347 g/mol. The first-order valence-electron chi connectivity index (χ1n) is 7.56. The van der Waals surface area contributed by atoms with Crippen LogP contribution >= 0.6 is 0 Å². The maximum Gasteiger partial charge on any atom is 0.321 e. The Balaban J connectivity index is 1.90. The highest BCUT2D eigenvalue weighted by Crippen LogP contribution is 2.14. The predicted molar refractivity (Wildman–Crippen MR) is 92.1 cm³/mol. The van der Waals surface area contributed by atoms with Crippen molar-refractivity contribution in [3.63, 3.8) is 0 Å². The molecule has 0 fully saturated rings. The van der Waals surface area contributed by atoms with Crippen LogP contribution in [-0.4, -0.2) is 20.9 Å². The molecule has 0 saturated heterocycles. The zero-order valence-electron chi connectivity index (χ0n) is 14.0. The summed E-state index contributed by atoms with van der Waals surface area (Å²) < 4.78 is 31.7. The molecule has 0 spiro atoms. The molecule has 2 rings (SSSR count). The summed E-state index contributed by atoms with van der Waals surface area (Å²) in [5.74, 6) is -0.622. The lowest BCUT2D eigenvalue weighted by atomic mass is 10.1. The van der Waals surface area contributed by atoms with Gasteiger partial charge < -0.3 is 4.74 Å². The van der Waals surface area contributed by atoms with Crippen LogP contribution < -0.4 is 4.72 Å². The summed E-state index contributed by atoms with van der Waals surface area (Å²) in [6.45, 7) is 5.43. The summed E-state index contributed by atoms with van der Waals surface area (Å²) >= 11 is 0. The molecule has 6 heteroatoms. The number of carbonyl (C=O) groups excluding carboxylic acids is 1. The third kappa shape index (κ3) is 4.91. The summed E-state index contributed by atoms with van der Waals surface area (Å²) in [7, 11) is -3.73. The Bertz CT molecular complexity index is 827. The molecular formula is C18H21NO4S. The Morgan fingerprint density at radius 1 is 1.00 bits per heavy atom. The second kappa shape index (κ2) is 7.59. The topological polar surface area (TPSA) is 72.5 Å². The van der Waals surface area contributed by atoms with Crippen LogP contribution in [0.25, 0.3) is 0 Å². The Morgan fingerprint density at radius 2 is 1.67 bits per heavy atom. The first-order chi connectivity index (χ1) is 11.3. The fourth-order valence-electron chi connectivity index (χ4n) is 2.02. The zero-order chi connectivity index (χ0) is 17.7. The molecule has 0 saturated carbocycles. The van der Waals surface area contributed by atoms with Gasteiger partial charge in [-0.05, 0) is 49.6 Å². The van der Waals surface area contributed by atoms with Crippen LogP contribution in [0.1, 0.15) is 22.3 Å². The van der Waals surface area contributed by atoms with Crippen LogP contribution in [0.2, 0.25) is 0 Å². The van der Waals surface area contributed by atoms with Gasteiger partial charge in [-0.15, -0.1) is 0 Å². The van der Waals surface area contributed by atoms with Crippen molar-refractivity contribution in [1.82, 2.24) is 4.72 Å². The quantitative estimate of drug-likeness (QED) is 0.816. The molecule has 0 aromatic heterocycles. The van der Waals surface area contributed by atoms with E-state index in [1.165, 1.54) is 6.07 Å². The highest BCUT2D eigenvalue weighted by atomic mass is 32.2. The summed E-state index contributed by atoms with van der Waals surface area (Å²) in [6.07, 6.45) is 0. The number of aryl methyl sites for hydroxylation is 3. The van der Waals surface area contributed by atoms with Crippen LogP contribution in [0.5, 0.6) is 0 Å². The molecule has 2 aromatic rings. The second-order valence-corrected chi connectivity index (χ2v) is 7.48. The molecule has 24 heavy (non-hydrogen) atoms. The third-order valence-electron chi connectivity index (χ3n) is 3.72. The average Bonchev–Trinajstić information content (AvgIpc) is 2.55. The van der Waals surface area contributed by atoms with Gasteiger partial charge in [-0.3, -0.25) is 4.79 Å². The van der Waals surface area contributed by atoms with Gasteiger partial charge in [0.2, 0.25) is 10.0 Å². The summed E-state index contributed by atoms with van der Waals surface area (Å²) in [6, 6.07) is 12.4. The number of ether oxygens (including phenoxy) is 1. The van der Waals surface area contributed by atoms with E-state index in [2.05, 4.69) is 4.72 Å². The Morgan fingerprint density at radius 3 is 2.29 bits per heavy atom. The molecule has 0 amide bonds. The summed E-state index contributed by atoms with van der Waals surface area (Å²) in [4.78, 5) is 11.9. The molecule has 5 nitrogen and oxygen atoms in total. The van der Waals surface area contributed by atoms with E-state index in [0.717, 1.165) is 22.3 Å². The van der Waals surface area contributed by atoms with Crippen molar-refractivity contribution in [3.05, 3.63) is 64.7 Å². The van der Waals surface area contributed by atoms with E-state index in [0.29, 0.717) is 0 Å². The van der Waals surface area contributed by atoms with Gasteiger partial charge in [0.15, 0.2) is 0 Å². The van der Waals surface area contributed by atoms with Crippen molar-refractivity contribution >= 4 is 16.0 Å². The van der Waals surface area contributed by atoms with E-state index in [1.54, 1.807) is 12.1 Å². The largest absolute Gasteiger partial charge is 0.460 e. The van der Waals surface area contributed by atoms with Crippen molar-refractivity contribution in [2.45, 2.75) is 32.3 Å². The molecule has 2 aromatic carbocycles. The van der Waals surface area contributed by atoms with Crippen LogP contribution in [0, 0.1) is 20.8 Å². The monoisotopic (exact) mass is 347 g/mol. The van der Waals surface area contributed by atoms with Crippen molar-refractivity contribution in [1.29, 1.82) is 0 Å². The van der Waals surface area contributed by atoms with E-state index in [1.807, 2.05) is 45.0 Å². The van der Waals surface area contributed by atoms with E-state index >= 15 is 0 Å². The van der Waals surface area contributed by atoms with Gasteiger partial charge >= 0.3 is 5.97 Å². The number of benzene rings is 2. The van der Waals surface area contributed by atoms with Crippen LogP contribution in [0.4, 0.5) is 0 Å². The molecule has 0 atom stereocenters. The maximum absolute atomic E-state index is 12.2. The van der Waals surface area contributed by atoms with Gasteiger partial charge in [0.1, 0.15) is 13.2 Å². The number of sulfonamides is 1. The lowest BCUT2D eigenvalue weighted by molar-refractivity contribution is -0.143. The molecule has 0 unspecified atom stereocenters. The summed E-state index contributed by atoms with van der Waals surface area (Å²) in [5.41, 5.74) is 3.85. The molecule has 0 heterocycles. The standard InChI is InChI=1S/C18H21NO4S/c1-13-4-7-16(8-5-13)12-23-18(20)11-19-24(21,22)17-9-6-14(2)15(3)10-17/h4-10,19H,11-12H2,1-3H3. The van der Waals surface area contributed by atoms with Gasteiger partial charge in [0.05, 0.1) is 4.90 Å². The highest BCUT2D eigenvalue weighted by molar-refractivity contribution is 7.89. The van der Waals surface area contributed by atoms with E-state index in [-0.39, 0.29) is 11.5 Å². The molecule has 1 N–H and O–H groups in total. The van der Waals surface area contributed by atoms with Crippen LogP contribution in [0.15, 0.2) is 47.4 Å². The lowest BCUT2D eigenvalue weighted by Gasteiger charge is -2.09. The maximum atomic E-state index is 12.2. The number of esters is 1. The molecule has 0 aliphatic carbocycles. The number of hydrogen-bond donors (Lipinski definition) is 1. The minimum atomic E-state index is -3.73. The molecule has 0 aliphatic rings. The fraction of sp³-hybridized carbons (Fsp3) is 0.278. The lowest BCUT2D eigenvalue weighted by Crippen LogP contribution is -2.30. The van der Waals surface area contributed by atoms with E-state index < -0.39 is 22.5 Å². The van der Waals surface area contributed by atoms with Crippen molar-refractivity contribution < 1.29 is 17.9 Å². The van der Waals surface area contributed by atoms with Crippen molar-refractivity contribution in [3.8, 4) is 0 Å². The van der Waals surface area contributed by atoms with Gasteiger partial charge in [-0.1, -0.05) is 35.9 Å². The zero-order valence-corrected chi connectivity index (χ0v) is 14.8. The normalized spacial score (nSPS) is 11.3. The van der Waals surface area contributed by atoms with Crippen LogP contribution in [0.3, 0.4) is 0 Å².